The molecule has 0 aliphatic carbocycles. The molecular formula is C13H14N2O7. The molecule has 0 aromatic heterocycles. The summed E-state index contributed by atoms with van der Waals surface area (Å²) in [5, 5.41) is 22.2. The number of carbonyl (C=O) groups excluding carboxylic acids is 1. The van der Waals surface area contributed by atoms with Crippen LogP contribution in [-0.2, 0) is 14.3 Å². The summed E-state index contributed by atoms with van der Waals surface area (Å²) >= 11 is 0. The largest absolute Gasteiger partial charge is 0.490 e. The lowest BCUT2D eigenvalue weighted by atomic mass is 10.2. The maximum Gasteiger partial charge on any atom is 0.332 e. The van der Waals surface area contributed by atoms with Crippen molar-refractivity contribution in [3.8, 4) is 5.75 Å². The molecule has 1 aliphatic heterocycles. The van der Waals surface area contributed by atoms with E-state index in [-0.39, 0.29) is 30.0 Å². The highest BCUT2D eigenvalue weighted by Crippen LogP contribution is 2.30. The molecule has 2 N–H and O–H groups in total. The molecule has 0 saturated carbocycles. The lowest BCUT2D eigenvalue weighted by Crippen LogP contribution is -2.29. The van der Waals surface area contributed by atoms with Gasteiger partial charge < -0.3 is 19.9 Å². The zero-order valence-corrected chi connectivity index (χ0v) is 11.6. The number of aliphatic carboxylic acids is 1. The Morgan fingerprint density at radius 3 is 2.64 bits per heavy atom. The summed E-state index contributed by atoms with van der Waals surface area (Å²) in [6, 6.07) is 3.98. The minimum Gasteiger partial charge on any atom is -0.490 e. The molecule has 0 radical (unpaired) electrons. The van der Waals surface area contributed by atoms with Crippen molar-refractivity contribution < 1.29 is 29.1 Å². The van der Waals surface area contributed by atoms with Crippen LogP contribution in [0.3, 0.4) is 0 Å². The fourth-order valence-corrected chi connectivity index (χ4v) is 2.14. The van der Waals surface area contributed by atoms with Crippen LogP contribution in [0, 0.1) is 10.1 Å². The van der Waals surface area contributed by atoms with E-state index in [0.717, 1.165) is 0 Å². The molecule has 0 bridgehead atoms. The van der Waals surface area contributed by atoms with Crippen LogP contribution in [-0.4, -0.2) is 41.2 Å². The topological polar surface area (TPSA) is 128 Å². The molecule has 1 aliphatic rings. The predicted octanol–water partition coefficient (Wildman–Crippen LogP) is 1.17. The average Bonchev–Trinajstić information content (AvgIpc) is 2.97. The Kier molecular flexibility index (Phi) is 4.56. The van der Waals surface area contributed by atoms with E-state index in [9.17, 15) is 19.7 Å². The summed E-state index contributed by atoms with van der Waals surface area (Å²) in [5.74, 6) is -1.58. The van der Waals surface area contributed by atoms with E-state index in [1.165, 1.54) is 25.3 Å². The van der Waals surface area contributed by atoms with Gasteiger partial charge in [0.1, 0.15) is 6.10 Å². The Balaban J connectivity index is 2.08. The zero-order valence-electron chi connectivity index (χ0n) is 11.6. The summed E-state index contributed by atoms with van der Waals surface area (Å²) in [6.45, 7) is 0. The molecule has 0 spiro atoms. The Labute approximate surface area is 125 Å². The van der Waals surface area contributed by atoms with Crippen molar-refractivity contribution in [2.45, 2.75) is 25.0 Å². The maximum atomic E-state index is 12.0. The molecule has 2 rings (SSSR count). The number of hydrogen-bond acceptors (Lipinski definition) is 6. The quantitative estimate of drug-likeness (QED) is 0.617. The first-order valence-corrected chi connectivity index (χ1v) is 6.44. The molecule has 2 atom stereocenters. The zero-order chi connectivity index (χ0) is 16.3. The third-order valence-electron chi connectivity index (χ3n) is 3.23. The molecule has 22 heavy (non-hydrogen) atoms. The normalized spacial score (nSPS) is 20.4. The predicted molar refractivity (Wildman–Crippen MR) is 73.8 cm³/mol. The van der Waals surface area contributed by atoms with Crippen molar-refractivity contribution >= 4 is 23.3 Å². The van der Waals surface area contributed by atoms with Crippen molar-refractivity contribution in [2.75, 3.05) is 12.4 Å². The summed E-state index contributed by atoms with van der Waals surface area (Å²) in [4.78, 5) is 33.1. The molecule has 1 heterocycles. The highest BCUT2D eigenvalue weighted by Gasteiger charge is 2.34. The maximum absolute atomic E-state index is 12.0. The van der Waals surface area contributed by atoms with E-state index in [0.29, 0.717) is 0 Å². The highest BCUT2D eigenvalue weighted by molar-refractivity contribution is 5.95. The van der Waals surface area contributed by atoms with Crippen LogP contribution in [0.1, 0.15) is 12.8 Å². The number of nitro benzene ring substituents is 1. The molecule has 1 fully saturated rings. The molecule has 1 amide bonds. The Bertz CT molecular complexity index is 616. The van der Waals surface area contributed by atoms with E-state index in [2.05, 4.69) is 5.32 Å². The number of methoxy groups -OCH3 is 1. The standard InChI is InChI=1S/C13H14N2O7/c1-21-9-3-2-7(6-8(9)15(19)20)14-12(16)10-4-5-11(22-10)13(17)18/h2-3,6,10-11H,4-5H2,1H3,(H,14,16)(H,17,18)/t10-,11+/m0/s1. The number of anilines is 1. The van der Waals surface area contributed by atoms with Gasteiger partial charge in [-0.3, -0.25) is 14.9 Å². The number of nitro groups is 1. The minimum absolute atomic E-state index is 0.0751. The lowest BCUT2D eigenvalue weighted by molar-refractivity contribution is -0.385. The number of carboxylic acids is 1. The van der Waals surface area contributed by atoms with Gasteiger partial charge in [0, 0.05) is 11.8 Å². The molecule has 1 aromatic rings. The van der Waals surface area contributed by atoms with E-state index in [1.54, 1.807) is 0 Å². The third-order valence-corrected chi connectivity index (χ3v) is 3.23. The van der Waals surface area contributed by atoms with Crippen LogP contribution >= 0.6 is 0 Å². The number of nitrogens with zero attached hydrogens (tertiary/aromatic N) is 1. The SMILES string of the molecule is COc1ccc(NC(=O)[C@@H]2CC[C@H](C(=O)O)O2)cc1[N+](=O)[O-]. The van der Waals surface area contributed by atoms with Crippen LogP contribution in [0.2, 0.25) is 0 Å². The van der Waals surface area contributed by atoms with Crippen molar-refractivity contribution in [2.24, 2.45) is 0 Å². The van der Waals surface area contributed by atoms with Gasteiger partial charge in [-0.1, -0.05) is 0 Å². The molecule has 1 aromatic carbocycles. The summed E-state index contributed by atoms with van der Waals surface area (Å²) in [7, 11) is 1.30. The third kappa shape index (κ3) is 3.31. The molecular weight excluding hydrogens is 296 g/mol. The lowest BCUT2D eigenvalue weighted by Gasteiger charge is -2.12. The van der Waals surface area contributed by atoms with Crippen LogP contribution in [0.4, 0.5) is 11.4 Å². The van der Waals surface area contributed by atoms with Crippen LogP contribution in [0.25, 0.3) is 0 Å². The van der Waals surface area contributed by atoms with Crippen LogP contribution in [0.15, 0.2) is 18.2 Å². The summed E-state index contributed by atoms with van der Waals surface area (Å²) in [5.41, 5.74) is -0.0732. The molecule has 118 valence electrons. The van der Waals surface area contributed by atoms with Gasteiger partial charge in [-0.25, -0.2) is 4.79 Å². The van der Waals surface area contributed by atoms with Crippen molar-refractivity contribution in [3.63, 3.8) is 0 Å². The van der Waals surface area contributed by atoms with E-state index < -0.39 is 29.0 Å². The van der Waals surface area contributed by atoms with E-state index in [4.69, 9.17) is 14.6 Å². The summed E-state index contributed by atoms with van der Waals surface area (Å²) in [6.07, 6.45) is -1.36. The first-order chi connectivity index (χ1) is 10.4. The number of ether oxygens (including phenoxy) is 2. The number of amides is 1. The number of carboxylic acid groups (broad SMARTS) is 1. The van der Waals surface area contributed by atoms with Gasteiger partial charge in [0.25, 0.3) is 5.91 Å². The van der Waals surface area contributed by atoms with Crippen molar-refractivity contribution in [1.29, 1.82) is 0 Å². The second-order valence-corrected chi connectivity index (χ2v) is 4.66. The van der Waals surface area contributed by atoms with Crippen LogP contribution in [0.5, 0.6) is 5.75 Å². The second-order valence-electron chi connectivity index (χ2n) is 4.66. The molecule has 1 saturated heterocycles. The van der Waals surface area contributed by atoms with Crippen molar-refractivity contribution in [1.82, 2.24) is 0 Å². The highest BCUT2D eigenvalue weighted by atomic mass is 16.6. The fourth-order valence-electron chi connectivity index (χ4n) is 2.14. The number of carbonyl (C=O) groups is 2. The minimum atomic E-state index is -1.12. The number of hydrogen-bond donors (Lipinski definition) is 2. The first kappa shape index (κ1) is 15.7. The van der Waals surface area contributed by atoms with E-state index in [1.807, 2.05) is 0 Å². The Morgan fingerprint density at radius 2 is 2.09 bits per heavy atom. The molecule has 9 nitrogen and oxygen atoms in total. The monoisotopic (exact) mass is 310 g/mol. The summed E-state index contributed by atoms with van der Waals surface area (Å²) < 4.78 is 9.97. The Morgan fingerprint density at radius 1 is 1.41 bits per heavy atom. The second kappa shape index (κ2) is 6.39. The number of rotatable bonds is 5. The van der Waals surface area contributed by atoms with Gasteiger partial charge in [0.05, 0.1) is 12.0 Å². The van der Waals surface area contributed by atoms with Gasteiger partial charge in [-0.15, -0.1) is 0 Å². The van der Waals surface area contributed by atoms with Gasteiger partial charge in [-0.05, 0) is 25.0 Å². The fraction of sp³-hybridized carbons (Fsp3) is 0.385. The van der Waals surface area contributed by atoms with Gasteiger partial charge in [0.15, 0.2) is 11.9 Å². The van der Waals surface area contributed by atoms with Gasteiger partial charge >= 0.3 is 11.7 Å². The Hall–Kier alpha value is -2.68. The average molecular weight is 310 g/mol. The van der Waals surface area contributed by atoms with Gasteiger partial charge in [-0.2, -0.15) is 0 Å². The van der Waals surface area contributed by atoms with E-state index >= 15 is 0 Å². The smallest absolute Gasteiger partial charge is 0.332 e. The van der Waals surface area contributed by atoms with Gasteiger partial charge in [0.2, 0.25) is 0 Å². The molecule has 0 unspecified atom stereocenters. The van der Waals surface area contributed by atoms with Crippen LogP contribution < -0.4 is 10.1 Å². The molecule has 9 heteroatoms. The number of nitrogens with one attached hydrogen (secondary N) is 1. The van der Waals surface area contributed by atoms with Crippen molar-refractivity contribution in [3.05, 3.63) is 28.3 Å². The first-order valence-electron chi connectivity index (χ1n) is 6.44. The number of benzene rings is 1.